The third kappa shape index (κ3) is 5.74. The van der Waals surface area contributed by atoms with Crippen LogP contribution in [0, 0.1) is 5.41 Å². The van der Waals surface area contributed by atoms with Crippen molar-refractivity contribution in [3.05, 3.63) is 54.0 Å². The third-order valence-electron chi connectivity index (χ3n) is 3.92. The van der Waals surface area contributed by atoms with Gasteiger partial charge in [-0.1, -0.05) is 26.8 Å². The number of benzene rings is 1. The molecule has 150 valence electrons. The molecule has 2 aromatic rings. The lowest BCUT2D eigenvalue weighted by Gasteiger charge is -2.31. The Morgan fingerprint density at radius 3 is 2.39 bits per heavy atom. The van der Waals surface area contributed by atoms with Crippen LogP contribution in [0.1, 0.15) is 33.3 Å². The van der Waals surface area contributed by atoms with E-state index in [-0.39, 0.29) is 5.97 Å². The molecule has 0 aliphatic heterocycles. The summed E-state index contributed by atoms with van der Waals surface area (Å²) in [5.74, 6) is 1.72. The summed E-state index contributed by atoms with van der Waals surface area (Å²) in [5.41, 5.74) is 0.422. The average Bonchev–Trinajstić information content (AvgIpc) is 2.65. The monoisotopic (exact) mass is 385 g/mol. The van der Waals surface area contributed by atoms with Crippen LogP contribution in [0.25, 0.3) is 6.08 Å². The Hall–Kier alpha value is -3.02. The normalized spacial score (nSPS) is 12.9. The Bertz CT molecular complexity index is 825. The maximum absolute atomic E-state index is 11.8. The molecule has 0 aliphatic carbocycles. The van der Waals surface area contributed by atoms with Crippen LogP contribution in [0.15, 0.2) is 48.5 Å². The van der Waals surface area contributed by atoms with Crippen molar-refractivity contribution in [2.24, 2.45) is 5.41 Å². The Balaban J connectivity index is 2.52. The highest BCUT2D eigenvalue weighted by Crippen LogP contribution is 2.36. The molecule has 0 amide bonds. The second-order valence-corrected chi connectivity index (χ2v) is 7.31. The highest BCUT2D eigenvalue weighted by atomic mass is 16.6. The molecule has 0 bridgehead atoms. The summed E-state index contributed by atoms with van der Waals surface area (Å²) in [7, 11) is 3.14. The molecule has 1 aromatic carbocycles. The number of carbonyl (C=O) groups is 1. The topological polar surface area (TPSA) is 66.9 Å². The van der Waals surface area contributed by atoms with Crippen LogP contribution in [0.5, 0.6) is 17.2 Å². The number of nitrogens with zero attached hydrogens (tertiary/aromatic N) is 1. The number of ether oxygens (including phenoxy) is 4. The quantitative estimate of drug-likeness (QED) is 0.516. The van der Waals surface area contributed by atoms with Gasteiger partial charge in [-0.05, 0) is 29.8 Å². The van der Waals surface area contributed by atoms with E-state index in [1.807, 2.05) is 39.0 Å². The third-order valence-corrected chi connectivity index (χ3v) is 3.92. The number of carbonyl (C=O) groups excluding carboxylic acids is 1. The van der Waals surface area contributed by atoms with Crippen LogP contribution in [-0.4, -0.2) is 31.3 Å². The molecule has 1 atom stereocenters. The maximum Gasteiger partial charge on any atom is 0.303 e. The van der Waals surface area contributed by atoms with Crippen LogP contribution in [0.4, 0.5) is 0 Å². The second kappa shape index (κ2) is 9.26. The molecule has 0 saturated carbocycles. The van der Waals surface area contributed by atoms with Gasteiger partial charge >= 0.3 is 5.97 Å². The zero-order valence-corrected chi connectivity index (χ0v) is 17.2. The van der Waals surface area contributed by atoms with Crippen LogP contribution in [0.3, 0.4) is 0 Å². The first-order chi connectivity index (χ1) is 13.2. The lowest BCUT2D eigenvalue weighted by Crippen LogP contribution is -2.34. The Kier molecular flexibility index (Phi) is 7.04. The van der Waals surface area contributed by atoms with Crippen molar-refractivity contribution in [2.75, 3.05) is 14.2 Å². The van der Waals surface area contributed by atoms with Gasteiger partial charge in [-0.15, -0.1) is 0 Å². The first-order valence-corrected chi connectivity index (χ1v) is 8.93. The van der Waals surface area contributed by atoms with Crippen molar-refractivity contribution < 1.29 is 23.7 Å². The van der Waals surface area contributed by atoms with E-state index < -0.39 is 11.5 Å². The van der Waals surface area contributed by atoms with Crippen LogP contribution >= 0.6 is 0 Å². The van der Waals surface area contributed by atoms with Crippen molar-refractivity contribution >= 4 is 12.0 Å². The zero-order valence-electron chi connectivity index (χ0n) is 17.2. The predicted molar refractivity (Wildman–Crippen MR) is 107 cm³/mol. The van der Waals surface area contributed by atoms with E-state index >= 15 is 0 Å². The highest BCUT2D eigenvalue weighted by Gasteiger charge is 2.33. The average molecular weight is 385 g/mol. The zero-order chi connectivity index (χ0) is 20.7. The first kappa shape index (κ1) is 21.3. The summed E-state index contributed by atoms with van der Waals surface area (Å²) in [4.78, 5) is 15.9. The van der Waals surface area contributed by atoms with E-state index in [1.165, 1.54) is 6.92 Å². The minimum atomic E-state index is -0.614. The van der Waals surface area contributed by atoms with Gasteiger partial charge in [0, 0.05) is 30.8 Å². The summed E-state index contributed by atoms with van der Waals surface area (Å²) in [6.07, 6.45) is 4.60. The fraction of sp³-hybridized carbons (Fsp3) is 0.364. The van der Waals surface area contributed by atoms with E-state index in [2.05, 4.69) is 4.98 Å². The van der Waals surface area contributed by atoms with Crippen molar-refractivity contribution in [1.29, 1.82) is 0 Å². The van der Waals surface area contributed by atoms with Gasteiger partial charge < -0.3 is 18.9 Å². The standard InChI is InChI=1S/C22H27NO5/c1-15(24)27-21(22(2,3)4)20(12-16-8-7-11-23-14-16)28-18-10-9-17(25-5)13-19(18)26-6/h7-14,21H,1-6H3. The molecule has 2 rings (SSSR count). The van der Waals surface area contributed by atoms with Gasteiger partial charge in [0.2, 0.25) is 0 Å². The number of aromatic nitrogens is 1. The maximum atomic E-state index is 11.8. The molecule has 28 heavy (non-hydrogen) atoms. The molecule has 0 N–H and O–H groups in total. The molecule has 1 heterocycles. The fourth-order valence-corrected chi connectivity index (χ4v) is 2.60. The minimum absolute atomic E-state index is 0.387. The molecule has 1 aromatic heterocycles. The molecular weight excluding hydrogens is 358 g/mol. The summed E-state index contributed by atoms with van der Waals surface area (Å²) < 4.78 is 22.5. The van der Waals surface area contributed by atoms with Gasteiger partial charge in [0.1, 0.15) is 11.5 Å². The molecule has 0 fully saturated rings. The number of hydrogen-bond donors (Lipinski definition) is 0. The first-order valence-electron chi connectivity index (χ1n) is 8.93. The number of pyridine rings is 1. The lowest BCUT2D eigenvalue weighted by molar-refractivity contribution is -0.150. The molecule has 6 heteroatoms. The van der Waals surface area contributed by atoms with Crippen LogP contribution in [0.2, 0.25) is 0 Å². The van der Waals surface area contributed by atoms with E-state index in [9.17, 15) is 4.79 Å². The Morgan fingerprint density at radius 1 is 1.11 bits per heavy atom. The number of rotatable bonds is 7. The molecular formula is C22H27NO5. The van der Waals surface area contributed by atoms with Crippen molar-refractivity contribution in [2.45, 2.75) is 33.8 Å². The minimum Gasteiger partial charge on any atom is -0.497 e. The number of hydrogen-bond acceptors (Lipinski definition) is 6. The Labute approximate surface area is 166 Å². The van der Waals surface area contributed by atoms with E-state index in [4.69, 9.17) is 18.9 Å². The predicted octanol–water partition coefficient (Wildman–Crippen LogP) is 4.50. The van der Waals surface area contributed by atoms with E-state index in [0.717, 1.165) is 5.56 Å². The fourth-order valence-electron chi connectivity index (χ4n) is 2.60. The van der Waals surface area contributed by atoms with Crippen LogP contribution < -0.4 is 14.2 Å². The number of esters is 1. The SMILES string of the molecule is COc1ccc(OC(=Cc2cccnc2)C(OC(C)=O)C(C)(C)C)c(OC)c1. The van der Waals surface area contributed by atoms with E-state index in [1.54, 1.807) is 44.8 Å². The van der Waals surface area contributed by atoms with Gasteiger partial charge in [-0.25, -0.2) is 0 Å². The molecule has 0 saturated heterocycles. The summed E-state index contributed by atoms with van der Waals surface area (Å²) >= 11 is 0. The largest absolute Gasteiger partial charge is 0.497 e. The van der Waals surface area contributed by atoms with Crippen molar-refractivity contribution in [1.82, 2.24) is 4.98 Å². The van der Waals surface area contributed by atoms with Crippen molar-refractivity contribution in [3.8, 4) is 17.2 Å². The van der Waals surface area contributed by atoms with Gasteiger partial charge in [-0.3, -0.25) is 9.78 Å². The van der Waals surface area contributed by atoms with Gasteiger partial charge in [-0.2, -0.15) is 0 Å². The number of methoxy groups -OCH3 is 2. The second-order valence-electron chi connectivity index (χ2n) is 7.31. The smallest absolute Gasteiger partial charge is 0.303 e. The molecule has 6 nitrogen and oxygen atoms in total. The van der Waals surface area contributed by atoms with Gasteiger partial charge in [0.05, 0.1) is 14.2 Å². The van der Waals surface area contributed by atoms with Gasteiger partial charge in [0.15, 0.2) is 17.6 Å². The summed E-state index contributed by atoms with van der Waals surface area (Å²) in [5, 5.41) is 0. The Morgan fingerprint density at radius 2 is 1.86 bits per heavy atom. The lowest BCUT2D eigenvalue weighted by atomic mass is 9.87. The molecule has 0 radical (unpaired) electrons. The highest BCUT2D eigenvalue weighted by molar-refractivity contribution is 5.67. The van der Waals surface area contributed by atoms with Crippen LogP contribution in [-0.2, 0) is 9.53 Å². The summed E-state index contributed by atoms with van der Waals surface area (Å²) in [6.45, 7) is 7.32. The van der Waals surface area contributed by atoms with E-state index in [0.29, 0.717) is 23.0 Å². The summed E-state index contributed by atoms with van der Waals surface area (Å²) in [6, 6.07) is 8.99. The molecule has 0 spiro atoms. The van der Waals surface area contributed by atoms with Crippen molar-refractivity contribution in [3.63, 3.8) is 0 Å². The molecule has 1 unspecified atom stereocenters. The molecule has 0 aliphatic rings. The van der Waals surface area contributed by atoms with Gasteiger partial charge in [0.25, 0.3) is 0 Å².